The number of nitrogens with zero attached hydrogens (tertiary/aromatic N) is 2. The molecule has 0 radical (unpaired) electrons. The lowest BCUT2D eigenvalue weighted by atomic mass is 10.0. The van der Waals surface area contributed by atoms with E-state index < -0.39 is 17.3 Å². The van der Waals surface area contributed by atoms with Crippen LogP contribution in [0.1, 0.15) is 51.5 Å². The largest absolute Gasteiger partial charge is 0.348 e. The number of halogens is 2. The van der Waals surface area contributed by atoms with Crippen LogP contribution in [0.4, 0.5) is 8.78 Å². The molecule has 1 amide bonds. The van der Waals surface area contributed by atoms with Crippen molar-refractivity contribution in [1.82, 2.24) is 14.9 Å². The van der Waals surface area contributed by atoms with Gasteiger partial charge in [-0.2, -0.15) is 0 Å². The van der Waals surface area contributed by atoms with Gasteiger partial charge in [0.25, 0.3) is 11.5 Å². The highest BCUT2D eigenvalue weighted by Gasteiger charge is 2.29. The van der Waals surface area contributed by atoms with Gasteiger partial charge in [-0.05, 0) is 67.5 Å². The maximum atomic E-state index is 14.9. The monoisotopic (exact) mass is 459 g/mol. The molecule has 2 aromatic carbocycles. The minimum atomic E-state index is -0.701. The number of carbonyl (C=O) groups excluding carboxylic acids is 1. The third-order valence-electron chi connectivity index (χ3n) is 6.44. The van der Waals surface area contributed by atoms with Gasteiger partial charge in [-0.3, -0.25) is 19.1 Å². The Labute approximate surface area is 195 Å². The SMILES string of the molecule is Cc1ccncc1-n1c(C)c(C(=O)NCc2cccc(F)c2C2CC2)c2cccc(F)c2c1=O. The number of benzene rings is 2. The molecular weight excluding hydrogens is 436 g/mol. The van der Waals surface area contributed by atoms with E-state index in [0.717, 1.165) is 24.0 Å². The number of pyridine rings is 2. The van der Waals surface area contributed by atoms with Gasteiger partial charge in [0.05, 0.1) is 22.8 Å². The summed E-state index contributed by atoms with van der Waals surface area (Å²) in [5.41, 5.74) is 2.62. The molecule has 2 heterocycles. The molecule has 0 aliphatic heterocycles. The van der Waals surface area contributed by atoms with E-state index >= 15 is 0 Å². The average molecular weight is 459 g/mol. The molecule has 1 aliphatic rings. The molecular formula is C27H23F2N3O2. The number of fused-ring (bicyclic) bond motifs is 1. The predicted molar refractivity (Wildman–Crippen MR) is 126 cm³/mol. The lowest BCUT2D eigenvalue weighted by Gasteiger charge is -2.19. The zero-order valence-corrected chi connectivity index (χ0v) is 18.9. The van der Waals surface area contributed by atoms with E-state index in [4.69, 9.17) is 0 Å². The van der Waals surface area contributed by atoms with E-state index in [1.165, 1.54) is 29.0 Å². The standard InChI is InChI=1S/C27H23F2N3O2/c1-15-11-12-30-14-22(15)32-16(2)23(19-6-4-8-21(29)25(19)27(32)34)26(33)31-13-18-5-3-7-20(28)24(18)17-9-10-17/h3-8,11-12,14,17H,9-10,13H2,1-2H3,(H,31,33). The highest BCUT2D eigenvalue weighted by molar-refractivity contribution is 6.08. The fourth-order valence-corrected chi connectivity index (χ4v) is 4.62. The molecule has 1 saturated carbocycles. The zero-order chi connectivity index (χ0) is 24.0. The lowest BCUT2D eigenvalue weighted by Crippen LogP contribution is -2.30. The van der Waals surface area contributed by atoms with Crippen molar-refractivity contribution in [3.8, 4) is 5.69 Å². The van der Waals surface area contributed by atoms with Gasteiger partial charge in [0, 0.05) is 23.8 Å². The summed E-state index contributed by atoms with van der Waals surface area (Å²) < 4.78 is 30.6. The molecule has 34 heavy (non-hydrogen) atoms. The topological polar surface area (TPSA) is 64.0 Å². The van der Waals surface area contributed by atoms with Gasteiger partial charge < -0.3 is 5.32 Å². The number of amides is 1. The van der Waals surface area contributed by atoms with Crippen molar-refractivity contribution < 1.29 is 13.6 Å². The molecule has 1 N–H and O–H groups in total. The Balaban J connectivity index is 1.63. The Morgan fingerprint density at radius 3 is 2.56 bits per heavy atom. The van der Waals surface area contributed by atoms with Gasteiger partial charge in [0.15, 0.2) is 0 Å². The summed E-state index contributed by atoms with van der Waals surface area (Å²) in [4.78, 5) is 30.9. The number of hydrogen-bond donors (Lipinski definition) is 1. The summed E-state index contributed by atoms with van der Waals surface area (Å²) in [6, 6.07) is 10.9. The second-order valence-electron chi connectivity index (χ2n) is 8.70. The van der Waals surface area contributed by atoms with Crippen molar-refractivity contribution in [2.75, 3.05) is 0 Å². The molecule has 1 aliphatic carbocycles. The van der Waals surface area contributed by atoms with Crippen molar-refractivity contribution in [3.05, 3.63) is 105 Å². The van der Waals surface area contributed by atoms with Crippen LogP contribution in [0.5, 0.6) is 0 Å². The molecule has 5 rings (SSSR count). The van der Waals surface area contributed by atoms with Crippen LogP contribution in [0.15, 0.2) is 59.7 Å². The predicted octanol–water partition coefficient (Wildman–Crippen LogP) is 5.09. The van der Waals surface area contributed by atoms with Crippen LogP contribution in [0.2, 0.25) is 0 Å². The first-order valence-corrected chi connectivity index (χ1v) is 11.2. The Morgan fingerprint density at radius 2 is 1.82 bits per heavy atom. The van der Waals surface area contributed by atoms with Crippen LogP contribution >= 0.6 is 0 Å². The second kappa shape index (κ2) is 8.48. The zero-order valence-electron chi connectivity index (χ0n) is 18.9. The van der Waals surface area contributed by atoms with E-state index in [2.05, 4.69) is 10.3 Å². The maximum Gasteiger partial charge on any atom is 0.266 e. The smallest absolute Gasteiger partial charge is 0.266 e. The van der Waals surface area contributed by atoms with E-state index in [-0.39, 0.29) is 34.6 Å². The third kappa shape index (κ3) is 3.67. The number of nitrogens with one attached hydrogen (secondary N) is 1. The number of aromatic nitrogens is 2. The number of aryl methyl sites for hydroxylation is 1. The summed E-state index contributed by atoms with van der Waals surface area (Å²) in [6.45, 7) is 3.60. The van der Waals surface area contributed by atoms with E-state index in [0.29, 0.717) is 16.9 Å². The second-order valence-corrected chi connectivity index (χ2v) is 8.70. The molecule has 0 unspecified atom stereocenters. The maximum absolute atomic E-state index is 14.9. The molecule has 1 fully saturated rings. The van der Waals surface area contributed by atoms with Gasteiger partial charge in [0.2, 0.25) is 0 Å². The highest BCUT2D eigenvalue weighted by Crippen LogP contribution is 2.43. The van der Waals surface area contributed by atoms with Crippen molar-refractivity contribution in [1.29, 1.82) is 0 Å². The minimum absolute atomic E-state index is 0.129. The summed E-state index contributed by atoms with van der Waals surface area (Å²) >= 11 is 0. The summed E-state index contributed by atoms with van der Waals surface area (Å²) in [6.07, 6.45) is 4.98. The van der Waals surface area contributed by atoms with Crippen LogP contribution in [0.25, 0.3) is 16.5 Å². The van der Waals surface area contributed by atoms with Crippen molar-refractivity contribution in [2.45, 2.75) is 39.2 Å². The molecule has 172 valence electrons. The summed E-state index contributed by atoms with van der Waals surface area (Å²) in [5, 5.41) is 2.95. The lowest BCUT2D eigenvalue weighted by molar-refractivity contribution is 0.0951. The normalized spacial score (nSPS) is 13.3. The molecule has 5 nitrogen and oxygen atoms in total. The Bertz CT molecular complexity index is 1510. The third-order valence-corrected chi connectivity index (χ3v) is 6.44. The van der Waals surface area contributed by atoms with Gasteiger partial charge in [-0.1, -0.05) is 24.3 Å². The average Bonchev–Trinajstić information content (AvgIpc) is 3.64. The molecule has 2 aromatic heterocycles. The van der Waals surface area contributed by atoms with Crippen molar-refractivity contribution >= 4 is 16.7 Å². The highest BCUT2D eigenvalue weighted by atomic mass is 19.1. The van der Waals surface area contributed by atoms with E-state index in [9.17, 15) is 18.4 Å². The summed E-state index contributed by atoms with van der Waals surface area (Å²) in [7, 11) is 0. The molecule has 0 atom stereocenters. The number of rotatable bonds is 5. The quantitative estimate of drug-likeness (QED) is 0.452. The van der Waals surface area contributed by atoms with Crippen molar-refractivity contribution in [3.63, 3.8) is 0 Å². The van der Waals surface area contributed by atoms with Crippen LogP contribution in [0, 0.1) is 25.5 Å². The fraction of sp³-hybridized carbons (Fsp3) is 0.222. The first-order chi connectivity index (χ1) is 16.4. The first kappa shape index (κ1) is 21.9. The molecule has 0 saturated heterocycles. The number of carbonyl (C=O) groups is 1. The Kier molecular flexibility index (Phi) is 5.48. The Morgan fingerprint density at radius 1 is 1.09 bits per heavy atom. The summed E-state index contributed by atoms with van der Waals surface area (Å²) in [5.74, 6) is -1.25. The fourth-order valence-electron chi connectivity index (χ4n) is 4.62. The van der Waals surface area contributed by atoms with Crippen LogP contribution in [-0.4, -0.2) is 15.5 Å². The van der Waals surface area contributed by atoms with Crippen molar-refractivity contribution in [2.24, 2.45) is 0 Å². The van der Waals surface area contributed by atoms with Crippen LogP contribution in [-0.2, 0) is 6.54 Å². The van der Waals surface area contributed by atoms with Gasteiger partial charge in [-0.25, -0.2) is 8.78 Å². The molecule has 4 aromatic rings. The Hall–Kier alpha value is -3.87. The minimum Gasteiger partial charge on any atom is -0.348 e. The van der Waals surface area contributed by atoms with E-state index in [1.807, 2.05) is 13.0 Å². The molecule has 0 spiro atoms. The number of hydrogen-bond acceptors (Lipinski definition) is 3. The molecule has 7 heteroatoms. The van der Waals surface area contributed by atoms with Gasteiger partial charge in [-0.15, -0.1) is 0 Å². The first-order valence-electron chi connectivity index (χ1n) is 11.2. The van der Waals surface area contributed by atoms with Crippen LogP contribution in [0.3, 0.4) is 0 Å². The van der Waals surface area contributed by atoms with Crippen LogP contribution < -0.4 is 10.9 Å². The van der Waals surface area contributed by atoms with Gasteiger partial charge in [0.1, 0.15) is 11.6 Å². The van der Waals surface area contributed by atoms with E-state index in [1.54, 1.807) is 31.3 Å². The molecule has 0 bridgehead atoms. The van der Waals surface area contributed by atoms with Gasteiger partial charge >= 0.3 is 0 Å².